The van der Waals surface area contributed by atoms with Gasteiger partial charge in [-0.1, -0.05) is 0 Å². The van der Waals surface area contributed by atoms with Crippen LogP contribution in [0.5, 0.6) is 0 Å². The highest BCUT2D eigenvalue weighted by molar-refractivity contribution is 7.18. The molecule has 16 heavy (non-hydrogen) atoms. The van der Waals surface area contributed by atoms with Crippen molar-refractivity contribution in [2.45, 2.75) is 19.9 Å². The predicted molar refractivity (Wildman–Crippen MR) is 62.6 cm³/mol. The molecule has 0 radical (unpaired) electrons. The Morgan fingerprint density at radius 2 is 2.19 bits per heavy atom. The molecule has 6 heteroatoms. The van der Waals surface area contributed by atoms with E-state index in [1.54, 1.807) is 19.1 Å². The van der Waals surface area contributed by atoms with Crippen molar-refractivity contribution < 1.29 is 14.7 Å². The molecule has 0 unspecified atom stereocenters. The summed E-state index contributed by atoms with van der Waals surface area (Å²) in [4.78, 5) is 22.9. The molecule has 3 N–H and O–H groups in total. The number of hydrogen-bond acceptors (Lipinski definition) is 4. The highest BCUT2D eigenvalue weighted by Gasteiger charge is 2.11. The molecule has 1 rings (SSSR count). The molecule has 88 valence electrons. The van der Waals surface area contributed by atoms with Crippen LogP contribution in [0.15, 0.2) is 12.1 Å². The average molecular weight is 242 g/mol. The van der Waals surface area contributed by atoms with Gasteiger partial charge in [0.15, 0.2) is 0 Å². The largest absolute Gasteiger partial charge is 0.394 e. The highest BCUT2D eigenvalue weighted by Crippen LogP contribution is 2.21. The zero-order chi connectivity index (χ0) is 12.1. The van der Waals surface area contributed by atoms with E-state index in [1.165, 1.54) is 18.3 Å². The van der Waals surface area contributed by atoms with Crippen LogP contribution >= 0.6 is 11.3 Å². The molecule has 5 nitrogen and oxygen atoms in total. The third-order valence-electron chi connectivity index (χ3n) is 1.78. The van der Waals surface area contributed by atoms with Crippen molar-refractivity contribution in [2.75, 3.05) is 11.9 Å². The van der Waals surface area contributed by atoms with Gasteiger partial charge in [0.05, 0.1) is 16.5 Å². The van der Waals surface area contributed by atoms with Gasteiger partial charge in [-0.15, -0.1) is 11.3 Å². The van der Waals surface area contributed by atoms with Crippen molar-refractivity contribution >= 4 is 28.2 Å². The fourth-order valence-electron chi connectivity index (χ4n) is 1.04. The molecule has 0 aliphatic carbocycles. The third kappa shape index (κ3) is 3.63. The van der Waals surface area contributed by atoms with Gasteiger partial charge in [-0.25, -0.2) is 0 Å². The lowest BCUT2D eigenvalue weighted by Crippen LogP contribution is -2.34. The Balaban J connectivity index is 2.63. The van der Waals surface area contributed by atoms with Crippen molar-refractivity contribution in [1.29, 1.82) is 0 Å². The summed E-state index contributed by atoms with van der Waals surface area (Å²) in [5.41, 5.74) is 0. The van der Waals surface area contributed by atoms with E-state index in [1.807, 2.05) is 0 Å². The lowest BCUT2D eigenvalue weighted by Gasteiger charge is -2.08. The molecule has 1 aromatic heterocycles. The van der Waals surface area contributed by atoms with Crippen molar-refractivity contribution in [1.82, 2.24) is 5.32 Å². The van der Waals surface area contributed by atoms with Crippen LogP contribution in [-0.2, 0) is 4.79 Å². The van der Waals surface area contributed by atoms with E-state index in [0.717, 1.165) is 0 Å². The zero-order valence-corrected chi connectivity index (χ0v) is 9.93. The normalized spacial score (nSPS) is 11.9. The summed E-state index contributed by atoms with van der Waals surface area (Å²) >= 11 is 1.20. The Morgan fingerprint density at radius 1 is 1.50 bits per heavy atom. The second kappa shape index (κ2) is 5.62. The average Bonchev–Trinajstić information content (AvgIpc) is 2.65. The van der Waals surface area contributed by atoms with Gasteiger partial charge in [0, 0.05) is 13.0 Å². The highest BCUT2D eigenvalue weighted by atomic mass is 32.1. The summed E-state index contributed by atoms with van der Waals surface area (Å²) < 4.78 is 0. The van der Waals surface area contributed by atoms with E-state index in [4.69, 9.17) is 5.11 Å². The first kappa shape index (κ1) is 12.7. The Labute approximate surface area is 97.5 Å². The number of amides is 2. The molecule has 1 heterocycles. The van der Waals surface area contributed by atoms with Gasteiger partial charge >= 0.3 is 0 Å². The molecule has 1 aromatic rings. The molecule has 0 aliphatic rings. The lowest BCUT2D eigenvalue weighted by atomic mass is 10.3. The third-order valence-corrected chi connectivity index (χ3v) is 2.78. The fraction of sp³-hybridized carbons (Fsp3) is 0.400. The van der Waals surface area contributed by atoms with Gasteiger partial charge in [0.25, 0.3) is 5.91 Å². The molecular formula is C10H14N2O3S. The van der Waals surface area contributed by atoms with Gasteiger partial charge in [-0.2, -0.15) is 0 Å². The van der Waals surface area contributed by atoms with E-state index >= 15 is 0 Å². The minimum Gasteiger partial charge on any atom is -0.394 e. The zero-order valence-electron chi connectivity index (χ0n) is 9.11. The Bertz CT molecular complexity index is 389. The number of aliphatic hydroxyl groups excluding tert-OH is 1. The lowest BCUT2D eigenvalue weighted by molar-refractivity contribution is -0.114. The molecule has 0 spiro atoms. The second-order valence-corrected chi connectivity index (χ2v) is 4.49. The number of anilines is 1. The standard InChI is InChI=1S/C10H14N2O3S/c1-6(5-13)11-10(15)8-3-4-9(16-8)12-7(2)14/h3-4,6,13H,5H2,1-2H3,(H,11,15)(H,12,14)/t6-/m1/s1. The molecule has 0 aromatic carbocycles. The van der Waals surface area contributed by atoms with Crippen LogP contribution in [0.25, 0.3) is 0 Å². The summed E-state index contributed by atoms with van der Waals surface area (Å²) in [6.07, 6.45) is 0. The second-order valence-electron chi connectivity index (χ2n) is 3.40. The first-order valence-electron chi connectivity index (χ1n) is 4.82. The van der Waals surface area contributed by atoms with Crippen molar-refractivity contribution in [3.63, 3.8) is 0 Å². The van der Waals surface area contributed by atoms with Crippen LogP contribution < -0.4 is 10.6 Å². The maximum absolute atomic E-state index is 11.6. The Kier molecular flexibility index (Phi) is 4.45. The van der Waals surface area contributed by atoms with Gasteiger partial charge in [0.1, 0.15) is 0 Å². The van der Waals surface area contributed by atoms with Crippen molar-refractivity contribution in [3.05, 3.63) is 17.0 Å². The summed E-state index contributed by atoms with van der Waals surface area (Å²) in [5.74, 6) is -0.416. The maximum atomic E-state index is 11.6. The van der Waals surface area contributed by atoms with Crippen LogP contribution in [-0.4, -0.2) is 29.6 Å². The molecule has 0 saturated carbocycles. The van der Waals surface area contributed by atoms with E-state index < -0.39 is 0 Å². The molecule has 0 aliphatic heterocycles. The molecule has 0 bridgehead atoms. The minimum atomic E-state index is -0.279. The van der Waals surface area contributed by atoms with E-state index in [0.29, 0.717) is 9.88 Å². The van der Waals surface area contributed by atoms with Crippen LogP contribution in [0.3, 0.4) is 0 Å². The molecule has 0 saturated heterocycles. The van der Waals surface area contributed by atoms with Crippen LogP contribution in [0.4, 0.5) is 5.00 Å². The monoisotopic (exact) mass is 242 g/mol. The molecular weight excluding hydrogens is 228 g/mol. The number of thiophene rings is 1. The van der Waals surface area contributed by atoms with Crippen LogP contribution in [0.2, 0.25) is 0 Å². The number of carbonyl (C=O) groups is 2. The van der Waals surface area contributed by atoms with Gasteiger partial charge in [-0.05, 0) is 19.1 Å². The number of aliphatic hydroxyl groups is 1. The smallest absolute Gasteiger partial charge is 0.261 e. The summed E-state index contributed by atoms with van der Waals surface area (Å²) in [7, 11) is 0. The minimum absolute atomic E-state index is 0.102. The quantitative estimate of drug-likeness (QED) is 0.731. The number of carbonyl (C=O) groups excluding carboxylic acids is 2. The SMILES string of the molecule is CC(=O)Nc1ccc(C(=O)N[C@H](C)CO)s1. The van der Waals surface area contributed by atoms with Crippen molar-refractivity contribution in [2.24, 2.45) is 0 Å². The summed E-state index contributed by atoms with van der Waals surface area (Å²) in [6.45, 7) is 3.02. The van der Waals surface area contributed by atoms with Gasteiger partial charge in [-0.3, -0.25) is 9.59 Å². The molecule has 0 fully saturated rings. The van der Waals surface area contributed by atoms with Crippen LogP contribution in [0.1, 0.15) is 23.5 Å². The Hall–Kier alpha value is -1.40. The summed E-state index contributed by atoms with van der Waals surface area (Å²) in [6, 6.07) is 3.03. The summed E-state index contributed by atoms with van der Waals surface area (Å²) in [5, 5.41) is 14.6. The topological polar surface area (TPSA) is 78.4 Å². The number of hydrogen-bond donors (Lipinski definition) is 3. The van der Waals surface area contributed by atoms with Crippen molar-refractivity contribution in [3.8, 4) is 0 Å². The van der Waals surface area contributed by atoms with Gasteiger partial charge in [0.2, 0.25) is 5.91 Å². The molecule has 1 atom stereocenters. The van der Waals surface area contributed by atoms with Gasteiger partial charge < -0.3 is 15.7 Å². The predicted octanol–water partition coefficient (Wildman–Crippen LogP) is 0.817. The molecule has 2 amide bonds. The first-order valence-corrected chi connectivity index (χ1v) is 5.63. The fourth-order valence-corrected chi connectivity index (χ4v) is 1.90. The Morgan fingerprint density at radius 3 is 2.75 bits per heavy atom. The van der Waals surface area contributed by atoms with E-state index in [-0.39, 0.29) is 24.5 Å². The number of nitrogens with one attached hydrogen (secondary N) is 2. The maximum Gasteiger partial charge on any atom is 0.261 e. The van der Waals surface area contributed by atoms with Crippen LogP contribution in [0, 0.1) is 0 Å². The van der Waals surface area contributed by atoms with E-state index in [9.17, 15) is 9.59 Å². The number of rotatable bonds is 4. The van der Waals surface area contributed by atoms with E-state index in [2.05, 4.69) is 10.6 Å². The first-order chi connectivity index (χ1) is 7.52.